The predicted molar refractivity (Wildman–Crippen MR) is 163 cm³/mol. The van der Waals surface area contributed by atoms with Gasteiger partial charge in [-0.25, -0.2) is 8.42 Å². The highest BCUT2D eigenvalue weighted by Crippen LogP contribution is 2.35. The molecule has 0 fully saturated rings. The Morgan fingerprint density at radius 2 is 1.66 bits per heavy atom. The minimum absolute atomic E-state index is 0.0730. The summed E-state index contributed by atoms with van der Waals surface area (Å²) in [6, 6.07) is 19.6. The summed E-state index contributed by atoms with van der Waals surface area (Å²) >= 11 is 0. The third-order valence-corrected chi connectivity index (χ3v) is 8.89. The van der Waals surface area contributed by atoms with Crippen molar-refractivity contribution in [2.45, 2.75) is 51.7 Å². The van der Waals surface area contributed by atoms with Gasteiger partial charge in [0.15, 0.2) is 6.79 Å². The molecule has 0 unspecified atom stereocenters. The number of amides is 1. The highest BCUT2D eigenvalue weighted by atomic mass is 32.2. The molecule has 1 heterocycles. The molecule has 0 aromatic heterocycles. The quantitative estimate of drug-likeness (QED) is 0.221. The molecule has 220 valence electrons. The van der Waals surface area contributed by atoms with E-state index in [2.05, 4.69) is 55.8 Å². The number of fused-ring (bicyclic) bond motifs is 1. The van der Waals surface area contributed by atoms with Crippen molar-refractivity contribution in [2.75, 3.05) is 43.3 Å². The maximum Gasteiger partial charge on any atom is 0.258 e. The van der Waals surface area contributed by atoms with Crippen LogP contribution < -0.4 is 14.4 Å². The van der Waals surface area contributed by atoms with E-state index < -0.39 is 15.3 Å². The molecule has 1 amide bonds. The van der Waals surface area contributed by atoms with E-state index >= 15 is 0 Å². The van der Waals surface area contributed by atoms with Crippen LogP contribution in [0.5, 0.6) is 5.75 Å². The Kier molecular flexibility index (Phi) is 9.41. The summed E-state index contributed by atoms with van der Waals surface area (Å²) in [6.07, 6.45) is 0.674. The van der Waals surface area contributed by atoms with Gasteiger partial charge < -0.3 is 19.1 Å². The number of ether oxygens (including phenoxy) is 3. The van der Waals surface area contributed by atoms with Gasteiger partial charge in [0, 0.05) is 24.9 Å². The topological polar surface area (TPSA) is 94.2 Å². The molecule has 1 N–H and O–H groups in total. The molecule has 0 bridgehead atoms. The molecule has 3 aromatic rings. The lowest BCUT2D eigenvalue weighted by Crippen LogP contribution is -2.37. The number of nitrogens with zero attached hydrogens (tertiary/aromatic N) is 1. The summed E-state index contributed by atoms with van der Waals surface area (Å²) in [5.41, 5.74) is 6.01. The molecule has 0 spiro atoms. The van der Waals surface area contributed by atoms with Gasteiger partial charge in [-0.2, -0.15) is 0 Å². The zero-order valence-electron chi connectivity index (χ0n) is 24.7. The van der Waals surface area contributed by atoms with Crippen molar-refractivity contribution in [3.63, 3.8) is 0 Å². The Morgan fingerprint density at radius 3 is 2.32 bits per heavy atom. The second kappa shape index (κ2) is 12.6. The monoisotopic (exact) mass is 580 g/mol. The molecule has 0 saturated carbocycles. The average Bonchev–Trinajstić information content (AvgIpc) is 2.93. The van der Waals surface area contributed by atoms with Crippen LogP contribution >= 0.6 is 0 Å². The fourth-order valence-corrected chi connectivity index (χ4v) is 5.25. The van der Waals surface area contributed by atoms with Crippen molar-refractivity contribution in [3.05, 3.63) is 77.4 Å². The molecule has 1 aliphatic rings. The highest BCUT2D eigenvalue weighted by molar-refractivity contribution is 7.93. The maximum absolute atomic E-state index is 13.6. The van der Waals surface area contributed by atoms with Crippen molar-refractivity contribution in [1.29, 1.82) is 0 Å². The smallest absolute Gasteiger partial charge is 0.258 e. The molecule has 4 rings (SSSR count). The number of nitrogens with one attached hydrogen (secondary N) is 1. The lowest BCUT2D eigenvalue weighted by molar-refractivity contribution is -0.00814. The van der Waals surface area contributed by atoms with Crippen LogP contribution in [0, 0.1) is 0 Å². The SMILES string of the molecule is COCCOCOc1ccc(N2CCc3cc(-c4ccc(C(C)(C)C)cc4)ccc3C2=O)cc1NS(=O)(=O)C(C)C. The Morgan fingerprint density at radius 1 is 0.951 bits per heavy atom. The van der Waals surface area contributed by atoms with Gasteiger partial charge in [0.1, 0.15) is 5.75 Å². The first kappa shape index (κ1) is 30.6. The van der Waals surface area contributed by atoms with Gasteiger partial charge in [-0.1, -0.05) is 57.2 Å². The zero-order chi connectivity index (χ0) is 29.8. The Balaban J connectivity index is 1.57. The van der Waals surface area contributed by atoms with Crippen LogP contribution in [-0.4, -0.2) is 53.2 Å². The van der Waals surface area contributed by atoms with E-state index in [1.54, 1.807) is 44.1 Å². The van der Waals surface area contributed by atoms with Gasteiger partial charge in [-0.15, -0.1) is 0 Å². The predicted octanol–water partition coefficient (Wildman–Crippen LogP) is 6.00. The van der Waals surface area contributed by atoms with Crippen LogP contribution in [0.25, 0.3) is 11.1 Å². The summed E-state index contributed by atoms with van der Waals surface area (Å²) in [5.74, 6) is 0.178. The van der Waals surface area contributed by atoms with Gasteiger partial charge in [0.05, 0.1) is 24.2 Å². The Bertz CT molecular complexity index is 1480. The molecule has 41 heavy (non-hydrogen) atoms. The van der Waals surface area contributed by atoms with Crippen LogP contribution in [0.4, 0.5) is 11.4 Å². The van der Waals surface area contributed by atoms with Crippen molar-refractivity contribution >= 4 is 27.3 Å². The van der Waals surface area contributed by atoms with E-state index in [0.717, 1.165) is 16.7 Å². The largest absolute Gasteiger partial charge is 0.465 e. The van der Waals surface area contributed by atoms with E-state index in [4.69, 9.17) is 14.2 Å². The van der Waals surface area contributed by atoms with Crippen molar-refractivity contribution < 1.29 is 27.4 Å². The molecule has 1 aliphatic heterocycles. The number of hydrogen-bond acceptors (Lipinski definition) is 6. The van der Waals surface area contributed by atoms with Crippen molar-refractivity contribution in [1.82, 2.24) is 0 Å². The lowest BCUT2D eigenvalue weighted by Gasteiger charge is -2.30. The first-order chi connectivity index (χ1) is 19.4. The van der Waals surface area contributed by atoms with Gasteiger partial charge in [-0.05, 0) is 72.2 Å². The lowest BCUT2D eigenvalue weighted by atomic mass is 9.86. The van der Waals surface area contributed by atoms with Crippen molar-refractivity contribution in [3.8, 4) is 16.9 Å². The van der Waals surface area contributed by atoms with Crippen LogP contribution in [0.2, 0.25) is 0 Å². The average molecular weight is 581 g/mol. The summed E-state index contributed by atoms with van der Waals surface area (Å²) in [4.78, 5) is 15.3. The fourth-order valence-electron chi connectivity index (χ4n) is 4.55. The molecule has 9 heteroatoms. The number of benzene rings is 3. The zero-order valence-corrected chi connectivity index (χ0v) is 25.5. The van der Waals surface area contributed by atoms with E-state index in [1.807, 2.05) is 12.1 Å². The number of carbonyl (C=O) groups excluding carboxylic acids is 1. The first-order valence-corrected chi connectivity index (χ1v) is 15.4. The third kappa shape index (κ3) is 7.28. The third-order valence-electron chi connectivity index (χ3n) is 7.15. The molecule has 3 aromatic carbocycles. The second-order valence-electron chi connectivity index (χ2n) is 11.4. The summed E-state index contributed by atoms with van der Waals surface area (Å²) in [5, 5.41) is -0.653. The second-order valence-corrected chi connectivity index (χ2v) is 13.7. The normalized spacial score (nSPS) is 13.8. The van der Waals surface area contributed by atoms with Gasteiger partial charge >= 0.3 is 0 Å². The minimum atomic E-state index is -3.66. The van der Waals surface area contributed by atoms with Crippen LogP contribution in [0.15, 0.2) is 60.7 Å². The van der Waals surface area contributed by atoms with E-state index in [-0.39, 0.29) is 23.8 Å². The summed E-state index contributed by atoms with van der Waals surface area (Å²) in [6.45, 7) is 10.9. The number of carbonyl (C=O) groups is 1. The molecule has 0 saturated heterocycles. The highest BCUT2D eigenvalue weighted by Gasteiger charge is 2.27. The van der Waals surface area contributed by atoms with Gasteiger partial charge in [0.25, 0.3) is 5.91 Å². The number of methoxy groups -OCH3 is 1. The number of sulfonamides is 1. The maximum atomic E-state index is 13.6. The molecule has 0 atom stereocenters. The van der Waals surface area contributed by atoms with Crippen LogP contribution in [-0.2, 0) is 31.3 Å². The molecule has 0 aliphatic carbocycles. The fraction of sp³-hybridized carbons (Fsp3) is 0.406. The van der Waals surface area contributed by atoms with E-state index in [9.17, 15) is 13.2 Å². The van der Waals surface area contributed by atoms with Crippen LogP contribution in [0.1, 0.15) is 56.1 Å². The van der Waals surface area contributed by atoms with E-state index in [1.165, 1.54) is 5.56 Å². The summed E-state index contributed by atoms with van der Waals surface area (Å²) in [7, 11) is -2.08. The Hall–Kier alpha value is -3.40. The molecular weight excluding hydrogens is 540 g/mol. The number of hydrogen-bond donors (Lipinski definition) is 1. The van der Waals surface area contributed by atoms with E-state index in [0.29, 0.717) is 43.2 Å². The molecular formula is C32H40N2O6S. The number of rotatable bonds is 11. The Labute approximate surface area is 243 Å². The van der Waals surface area contributed by atoms with Gasteiger partial charge in [0.2, 0.25) is 10.0 Å². The van der Waals surface area contributed by atoms with Gasteiger partial charge in [-0.3, -0.25) is 9.52 Å². The molecule has 0 radical (unpaired) electrons. The van der Waals surface area contributed by atoms with Crippen molar-refractivity contribution in [2.24, 2.45) is 0 Å². The first-order valence-electron chi connectivity index (χ1n) is 13.8. The van der Waals surface area contributed by atoms with Crippen LogP contribution in [0.3, 0.4) is 0 Å². The number of anilines is 2. The minimum Gasteiger partial charge on any atom is -0.465 e. The summed E-state index contributed by atoms with van der Waals surface area (Å²) < 4.78 is 44.1. The molecule has 8 nitrogen and oxygen atoms in total. The standard InChI is InChI=1S/C32H40N2O6S/c1-22(2)41(36,37)33-29-20-27(12-14-30(29)40-21-39-18-17-38-6)34-16-15-25-19-24(9-13-28(25)31(34)35)23-7-10-26(11-8-23)32(3,4)5/h7-14,19-20,22,33H,15-18,21H2,1-6H3.